The van der Waals surface area contributed by atoms with Crippen LogP contribution >= 0.6 is 24.1 Å². The molecule has 2 aromatic rings. The maximum absolute atomic E-state index is 10.4. The van der Waals surface area contributed by atoms with Gasteiger partial charge in [-0.2, -0.15) is 0 Å². The van der Waals surface area contributed by atoms with Crippen LogP contribution in [0.25, 0.3) is 0 Å². The second-order valence-electron chi connectivity index (χ2n) is 6.43. The Balaban J connectivity index is 0.00000176. The minimum absolute atomic E-state index is 0.497. The molecule has 0 spiro atoms. The predicted molar refractivity (Wildman–Crippen MR) is 117 cm³/mol. The van der Waals surface area contributed by atoms with E-state index in [1.165, 1.54) is 35.2 Å². The van der Waals surface area contributed by atoms with Crippen LogP contribution in [0, 0.1) is 13.8 Å². The number of benzene rings is 2. The summed E-state index contributed by atoms with van der Waals surface area (Å²) in [6.07, 6.45) is 1.15. The van der Waals surface area contributed by atoms with E-state index >= 15 is 0 Å². The molecule has 3 nitrogen and oxygen atoms in total. The van der Waals surface area contributed by atoms with Gasteiger partial charge in [0.25, 0.3) is 0 Å². The summed E-state index contributed by atoms with van der Waals surface area (Å²) in [5.74, 6) is 0. The summed E-state index contributed by atoms with van der Waals surface area (Å²) in [6.45, 7) is 10.9. The van der Waals surface area contributed by atoms with Crippen molar-refractivity contribution < 1.29 is 13.5 Å². The molecule has 2 rings (SSSR count). The highest BCUT2D eigenvalue weighted by molar-refractivity contribution is 7.94. The van der Waals surface area contributed by atoms with Crippen LogP contribution < -0.4 is 0 Å². The third-order valence-electron chi connectivity index (χ3n) is 3.80. The lowest BCUT2D eigenvalue weighted by atomic mass is 10.00. The lowest BCUT2D eigenvalue weighted by Crippen LogP contribution is -2.27. The molecule has 1 N–H and O–H groups in total. The first kappa shape index (κ1) is 24.1. The second-order valence-corrected chi connectivity index (χ2v) is 8.18. The van der Waals surface area contributed by atoms with E-state index in [9.17, 15) is 5.11 Å². The summed E-state index contributed by atoms with van der Waals surface area (Å²) in [4.78, 5) is 2.14. The van der Waals surface area contributed by atoms with Crippen LogP contribution in [0.15, 0.2) is 58.3 Å². The van der Waals surface area contributed by atoms with Crippen LogP contribution in [0.5, 0.6) is 0 Å². The van der Waals surface area contributed by atoms with Crippen LogP contribution in [-0.4, -0.2) is 23.9 Å². The standard InChI is InChI=1S/C20H26O3S2.C2H6/c1-16-4-8-18(9-5-16)24-22-14-12-20(3,21)13-15-23-25-19-10-6-17(2)7-11-19;1-2/h4-11,21H,12-15H2,1-3H3;1-2H3. The fourth-order valence-corrected chi connectivity index (χ4v) is 3.16. The van der Waals surface area contributed by atoms with Crippen LogP contribution in [0.3, 0.4) is 0 Å². The molecule has 2 aromatic carbocycles. The first-order chi connectivity index (χ1) is 12.9. The molecule has 0 bridgehead atoms. The summed E-state index contributed by atoms with van der Waals surface area (Å²) in [6, 6.07) is 16.4. The van der Waals surface area contributed by atoms with Gasteiger partial charge in [0.2, 0.25) is 0 Å². The number of hydrogen-bond donors (Lipinski definition) is 1. The molecule has 0 aliphatic heterocycles. The Morgan fingerprint density at radius 1 is 0.741 bits per heavy atom. The number of hydrogen-bond acceptors (Lipinski definition) is 5. The third-order valence-corrected chi connectivity index (χ3v) is 5.30. The molecule has 0 heterocycles. The lowest BCUT2D eigenvalue weighted by Gasteiger charge is -2.22. The third kappa shape index (κ3) is 10.8. The van der Waals surface area contributed by atoms with Crippen LogP contribution in [0.2, 0.25) is 0 Å². The molecule has 0 aromatic heterocycles. The molecular weight excluding hydrogens is 376 g/mol. The second kappa shape index (κ2) is 13.2. The highest BCUT2D eigenvalue weighted by Gasteiger charge is 2.20. The molecular formula is C22H32O3S2. The molecule has 0 aliphatic carbocycles. The highest BCUT2D eigenvalue weighted by Crippen LogP contribution is 2.24. The SMILES string of the molecule is CC.Cc1ccc(SOCCC(C)(O)CCOSc2ccc(C)cc2)cc1. The van der Waals surface area contributed by atoms with Gasteiger partial charge in [-0.3, -0.25) is 0 Å². The predicted octanol–water partition coefficient (Wildman–Crippen LogP) is 6.61. The van der Waals surface area contributed by atoms with Crippen molar-refractivity contribution in [2.24, 2.45) is 0 Å². The average molecular weight is 409 g/mol. The molecule has 0 saturated heterocycles. The van der Waals surface area contributed by atoms with Crippen LogP contribution in [0.1, 0.15) is 44.7 Å². The van der Waals surface area contributed by atoms with Gasteiger partial charge in [-0.25, -0.2) is 0 Å². The van der Waals surface area contributed by atoms with Crippen molar-refractivity contribution in [3.63, 3.8) is 0 Å². The Hall–Kier alpha value is -0.980. The van der Waals surface area contributed by atoms with E-state index in [0.717, 1.165) is 9.79 Å². The van der Waals surface area contributed by atoms with E-state index in [0.29, 0.717) is 26.1 Å². The molecule has 0 aliphatic rings. The maximum Gasteiger partial charge on any atom is 0.0664 e. The summed E-state index contributed by atoms with van der Waals surface area (Å²) < 4.78 is 11.2. The Bertz CT molecular complexity index is 570. The first-order valence-corrected chi connectivity index (χ1v) is 10.9. The largest absolute Gasteiger partial charge is 0.390 e. The lowest BCUT2D eigenvalue weighted by molar-refractivity contribution is 0.0212. The molecule has 0 fully saturated rings. The topological polar surface area (TPSA) is 38.7 Å². The van der Waals surface area contributed by atoms with E-state index in [2.05, 4.69) is 38.1 Å². The fourth-order valence-electron chi connectivity index (χ4n) is 2.06. The van der Waals surface area contributed by atoms with Crippen molar-refractivity contribution in [3.05, 3.63) is 59.7 Å². The van der Waals surface area contributed by atoms with Gasteiger partial charge in [0.1, 0.15) is 0 Å². The Labute approximate surface area is 173 Å². The normalized spacial score (nSPS) is 11.0. The van der Waals surface area contributed by atoms with Gasteiger partial charge in [0.05, 0.1) is 18.8 Å². The zero-order valence-electron chi connectivity index (χ0n) is 17.0. The van der Waals surface area contributed by atoms with E-state index < -0.39 is 5.60 Å². The van der Waals surface area contributed by atoms with E-state index in [1.54, 1.807) is 0 Å². The molecule has 0 atom stereocenters. The number of rotatable bonds is 10. The zero-order valence-corrected chi connectivity index (χ0v) is 18.7. The smallest absolute Gasteiger partial charge is 0.0664 e. The average Bonchev–Trinajstić information content (AvgIpc) is 2.67. The van der Waals surface area contributed by atoms with Gasteiger partial charge in [0, 0.05) is 46.7 Å². The fraction of sp³-hybridized carbons (Fsp3) is 0.455. The van der Waals surface area contributed by atoms with E-state index in [1.807, 2.05) is 45.0 Å². The van der Waals surface area contributed by atoms with Crippen molar-refractivity contribution in [1.82, 2.24) is 0 Å². The zero-order chi connectivity index (χ0) is 20.1. The van der Waals surface area contributed by atoms with Gasteiger partial charge >= 0.3 is 0 Å². The van der Waals surface area contributed by atoms with Gasteiger partial charge in [-0.05, 0) is 45.0 Å². The van der Waals surface area contributed by atoms with Crippen molar-refractivity contribution in [1.29, 1.82) is 0 Å². The van der Waals surface area contributed by atoms with Crippen LogP contribution in [0.4, 0.5) is 0 Å². The minimum atomic E-state index is -0.790. The summed E-state index contributed by atoms with van der Waals surface area (Å²) in [5, 5.41) is 10.4. The van der Waals surface area contributed by atoms with Crippen molar-refractivity contribution in [2.45, 2.75) is 62.9 Å². The first-order valence-electron chi connectivity index (χ1n) is 9.39. The summed E-state index contributed by atoms with van der Waals surface area (Å²) in [7, 11) is 0. The number of aryl methyl sites for hydroxylation is 2. The molecule has 27 heavy (non-hydrogen) atoms. The molecule has 0 unspecified atom stereocenters. The molecule has 5 heteroatoms. The quantitative estimate of drug-likeness (QED) is 0.354. The van der Waals surface area contributed by atoms with Crippen LogP contribution in [-0.2, 0) is 8.37 Å². The van der Waals surface area contributed by atoms with Gasteiger partial charge in [0.15, 0.2) is 0 Å². The highest BCUT2D eigenvalue weighted by atomic mass is 32.2. The minimum Gasteiger partial charge on any atom is -0.390 e. The Morgan fingerprint density at radius 3 is 1.41 bits per heavy atom. The Morgan fingerprint density at radius 2 is 1.07 bits per heavy atom. The molecule has 0 radical (unpaired) electrons. The maximum atomic E-state index is 10.4. The van der Waals surface area contributed by atoms with Crippen molar-refractivity contribution in [2.75, 3.05) is 13.2 Å². The number of aliphatic hydroxyl groups is 1. The summed E-state index contributed by atoms with van der Waals surface area (Å²) >= 11 is 2.70. The van der Waals surface area contributed by atoms with Gasteiger partial charge in [-0.1, -0.05) is 49.2 Å². The van der Waals surface area contributed by atoms with E-state index in [4.69, 9.17) is 8.37 Å². The van der Waals surface area contributed by atoms with E-state index in [-0.39, 0.29) is 0 Å². The molecule has 0 amide bonds. The van der Waals surface area contributed by atoms with Gasteiger partial charge < -0.3 is 13.5 Å². The van der Waals surface area contributed by atoms with Gasteiger partial charge in [-0.15, -0.1) is 0 Å². The molecule has 0 saturated carbocycles. The molecule has 150 valence electrons. The Kier molecular flexibility index (Phi) is 11.8. The monoisotopic (exact) mass is 408 g/mol. The van der Waals surface area contributed by atoms with Crippen molar-refractivity contribution in [3.8, 4) is 0 Å². The van der Waals surface area contributed by atoms with Crippen molar-refractivity contribution >= 4 is 24.1 Å². The summed E-state index contributed by atoms with van der Waals surface area (Å²) in [5.41, 5.74) is 1.67.